The molecule has 2 atom stereocenters. The molecule has 2 unspecified atom stereocenters. The maximum absolute atomic E-state index is 10.7. The number of aliphatic hydroxyl groups excluding tert-OH is 1. The molecule has 1 saturated heterocycles. The molecule has 1 heterocycles. The third-order valence-corrected chi connectivity index (χ3v) is 1.58. The summed E-state index contributed by atoms with van der Waals surface area (Å²) in [5.74, 6) is -0.292. The first-order valence-corrected chi connectivity index (χ1v) is 3.73. The summed E-state index contributed by atoms with van der Waals surface area (Å²) in [5.41, 5.74) is 0. The minimum atomic E-state index is -0.925. The van der Waals surface area contributed by atoms with Crippen LogP contribution in [-0.2, 0) is 14.3 Å². The predicted molar refractivity (Wildman–Crippen MR) is 36.7 cm³/mol. The average molecular weight is 160 g/mol. The summed E-state index contributed by atoms with van der Waals surface area (Å²) in [5, 5.41) is 9.03. The van der Waals surface area contributed by atoms with Gasteiger partial charge in [0.1, 0.15) is 0 Å². The Morgan fingerprint density at radius 3 is 3.00 bits per heavy atom. The number of aliphatic hydroxyl groups is 1. The van der Waals surface area contributed by atoms with Crippen molar-refractivity contribution in [3.05, 3.63) is 0 Å². The number of hydrogen-bond acceptors (Lipinski definition) is 4. The highest BCUT2D eigenvalue weighted by Gasteiger charge is 2.28. The Balaban J connectivity index is 2.30. The summed E-state index contributed by atoms with van der Waals surface area (Å²) in [6.07, 6.45) is -0.455. The van der Waals surface area contributed by atoms with Gasteiger partial charge >= 0.3 is 5.97 Å². The summed E-state index contributed by atoms with van der Waals surface area (Å²) in [7, 11) is 0. The molecule has 0 aliphatic carbocycles. The zero-order valence-corrected chi connectivity index (χ0v) is 6.45. The van der Waals surface area contributed by atoms with Crippen LogP contribution in [0.1, 0.15) is 19.8 Å². The van der Waals surface area contributed by atoms with Gasteiger partial charge in [0.25, 0.3) is 0 Å². The third-order valence-electron chi connectivity index (χ3n) is 1.58. The summed E-state index contributed by atoms with van der Waals surface area (Å²) in [6.45, 7) is 2.17. The molecule has 64 valence electrons. The Hall–Kier alpha value is -0.610. The number of ether oxygens (including phenoxy) is 2. The van der Waals surface area contributed by atoms with Crippen molar-refractivity contribution in [1.82, 2.24) is 0 Å². The second-order valence-electron chi connectivity index (χ2n) is 2.43. The van der Waals surface area contributed by atoms with E-state index in [1.807, 2.05) is 0 Å². The lowest BCUT2D eigenvalue weighted by Gasteiger charge is -2.12. The molecule has 0 aromatic rings. The Kier molecular flexibility index (Phi) is 2.84. The molecule has 4 nitrogen and oxygen atoms in total. The second-order valence-corrected chi connectivity index (χ2v) is 2.43. The van der Waals surface area contributed by atoms with E-state index in [1.54, 1.807) is 6.92 Å². The van der Waals surface area contributed by atoms with Crippen LogP contribution in [0.2, 0.25) is 0 Å². The largest absolute Gasteiger partial charge is 0.457 e. The topological polar surface area (TPSA) is 55.8 Å². The van der Waals surface area contributed by atoms with Crippen molar-refractivity contribution in [3.63, 3.8) is 0 Å². The fraction of sp³-hybridized carbons (Fsp3) is 0.857. The summed E-state index contributed by atoms with van der Waals surface area (Å²) in [6, 6.07) is 0. The summed E-state index contributed by atoms with van der Waals surface area (Å²) >= 11 is 0. The zero-order valence-electron chi connectivity index (χ0n) is 6.45. The van der Waals surface area contributed by atoms with Gasteiger partial charge in [-0.1, -0.05) is 6.92 Å². The Bertz CT molecular complexity index is 145. The minimum absolute atomic E-state index is 0.292. The number of carbonyl (C=O) groups is 1. The van der Waals surface area contributed by atoms with E-state index in [0.29, 0.717) is 19.4 Å². The third kappa shape index (κ3) is 2.17. The zero-order chi connectivity index (χ0) is 8.27. The van der Waals surface area contributed by atoms with Gasteiger partial charge in [0, 0.05) is 12.8 Å². The van der Waals surface area contributed by atoms with Crippen molar-refractivity contribution in [2.24, 2.45) is 0 Å². The molecule has 1 aliphatic rings. The Morgan fingerprint density at radius 1 is 1.82 bits per heavy atom. The van der Waals surface area contributed by atoms with Gasteiger partial charge in [-0.05, 0) is 0 Å². The fourth-order valence-corrected chi connectivity index (χ4v) is 0.924. The van der Waals surface area contributed by atoms with Gasteiger partial charge in [0.05, 0.1) is 6.61 Å². The average Bonchev–Trinajstić information content (AvgIpc) is 2.37. The van der Waals surface area contributed by atoms with E-state index in [4.69, 9.17) is 14.6 Å². The van der Waals surface area contributed by atoms with Gasteiger partial charge in [-0.3, -0.25) is 4.79 Å². The lowest BCUT2D eigenvalue weighted by atomic mass is 10.3. The summed E-state index contributed by atoms with van der Waals surface area (Å²) < 4.78 is 9.65. The van der Waals surface area contributed by atoms with Crippen LogP contribution in [0.5, 0.6) is 0 Å². The van der Waals surface area contributed by atoms with Crippen molar-refractivity contribution >= 4 is 5.97 Å². The first-order valence-electron chi connectivity index (χ1n) is 3.73. The molecule has 0 aromatic carbocycles. The van der Waals surface area contributed by atoms with Crippen LogP contribution in [-0.4, -0.2) is 30.1 Å². The SMILES string of the molecule is CCC(=O)OC1CCOC1O. The lowest BCUT2D eigenvalue weighted by Crippen LogP contribution is -2.26. The van der Waals surface area contributed by atoms with E-state index < -0.39 is 12.4 Å². The highest BCUT2D eigenvalue weighted by molar-refractivity contribution is 5.69. The van der Waals surface area contributed by atoms with Crippen LogP contribution in [0, 0.1) is 0 Å². The molecule has 0 spiro atoms. The Labute approximate surface area is 65.1 Å². The molecule has 0 saturated carbocycles. The number of esters is 1. The summed E-state index contributed by atoms with van der Waals surface area (Å²) in [4.78, 5) is 10.7. The van der Waals surface area contributed by atoms with Gasteiger partial charge in [-0.25, -0.2) is 0 Å². The standard InChI is InChI=1S/C7H12O4/c1-2-6(8)11-5-3-4-10-7(5)9/h5,7,9H,2-4H2,1H3. The molecular formula is C7H12O4. The van der Waals surface area contributed by atoms with Crippen LogP contribution in [0.4, 0.5) is 0 Å². The van der Waals surface area contributed by atoms with Crippen molar-refractivity contribution in [2.75, 3.05) is 6.61 Å². The van der Waals surface area contributed by atoms with Crippen molar-refractivity contribution in [1.29, 1.82) is 0 Å². The van der Waals surface area contributed by atoms with E-state index in [2.05, 4.69) is 0 Å². The van der Waals surface area contributed by atoms with E-state index in [0.717, 1.165) is 0 Å². The lowest BCUT2D eigenvalue weighted by molar-refractivity contribution is -0.166. The molecule has 0 aromatic heterocycles. The maximum atomic E-state index is 10.7. The van der Waals surface area contributed by atoms with Crippen LogP contribution in [0.15, 0.2) is 0 Å². The first-order chi connectivity index (χ1) is 5.24. The van der Waals surface area contributed by atoms with Gasteiger partial charge < -0.3 is 14.6 Å². The minimum Gasteiger partial charge on any atom is -0.457 e. The maximum Gasteiger partial charge on any atom is 0.305 e. The normalized spacial score (nSPS) is 30.4. The predicted octanol–water partition coefficient (Wildman–Crippen LogP) is 0.0469. The fourth-order valence-electron chi connectivity index (χ4n) is 0.924. The van der Waals surface area contributed by atoms with Gasteiger partial charge in [0.15, 0.2) is 12.4 Å². The molecule has 0 radical (unpaired) electrons. The van der Waals surface area contributed by atoms with E-state index in [-0.39, 0.29) is 5.97 Å². The van der Waals surface area contributed by atoms with E-state index in [9.17, 15) is 4.79 Å². The van der Waals surface area contributed by atoms with E-state index >= 15 is 0 Å². The number of rotatable bonds is 2. The van der Waals surface area contributed by atoms with Gasteiger partial charge in [0.2, 0.25) is 0 Å². The number of carbonyl (C=O) groups excluding carboxylic acids is 1. The smallest absolute Gasteiger partial charge is 0.305 e. The molecule has 1 N–H and O–H groups in total. The molecule has 1 rings (SSSR count). The van der Waals surface area contributed by atoms with Crippen LogP contribution < -0.4 is 0 Å². The van der Waals surface area contributed by atoms with Crippen molar-refractivity contribution in [3.8, 4) is 0 Å². The van der Waals surface area contributed by atoms with Crippen molar-refractivity contribution in [2.45, 2.75) is 32.2 Å². The van der Waals surface area contributed by atoms with Crippen LogP contribution >= 0.6 is 0 Å². The second kappa shape index (κ2) is 3.69. The van der Waals surface area contributed by atoms with E-state index in [1.165, 1.54) is 0 Å². The highest BCUT2D eigenvalue weighted by atomic mass is 16.7. The van der Waals surface area contributed by atoms with Gasteiger partial charge in [-0.15, -0.1) is 0 Å². The van der Waals surface area contributed by atoms with Crippen molar-refractivity contribution < 1.29 is 19.4 Å². The molecule has 1 aliphatic heterocycles. The first kappa shape index (κ1) is 8.49. The quantitative estimate of drug-likeness (QED) is 0.580. The molecule has 1 fully saturated rings. The molecule has 0 bridgehead atoms. The molecule has 4 heteroatoms. The Morgan fingerprint density at radius 2 is 2.55 bits per heavy atom. The van der Waals surface area contributed by atoms with Gasteiger partial charge in [-0.2, -0.15) is 0 Å². The monoisotopic (exact) mass is 160 g/mol. The van der Waals surface area contributed by atoms with Crippen LogP contribution in [0.25, 0.3) is 0 Å². The molecule has 11 heavy (non-hydrogen) atoms. The molecule has 0 amide bonds. The highest BCUT2D eigenvalue weighted by Crippen LogP contribution is 2.14. The van der Waals surface area contributed by atoms with Crippen LogP contribution in [0.3, 0.4) is 0 Å². The number of hydrogen-bond donors (Lipinski definition) is 1. The molecular weight excluding hydrogens is 148 g/mol.